The summed E-state index contributed by atoms with van der Waals surface area (Å²) in [5, 5.41) is 3.26. The van der Waals surface area contributed by atoms with Crippen molar-refractivity contribution in [3.05, 3.63) is 0 Å². The van der Waals surface area contributed by atoms with E-state index in [1.807, 2.05) is 6.92 Å². The van der Waals surface area contributed by atoms with Crippen molar-refractivity contribution in [1.82, 2.24) is 10.2 Å². The summed E-state index contributed by atoms with van der Waals surface area (Å²) >= 11 is -0.0662. The molecule has 1 aliphatic heterocycles. The van der Waals surface area contributed by atoms with Crippen molar-refractivity contribution in [3.8, 4) is 0 Å². The summed E-state index contributed by atoms with van der Waals surface area (Å²) in [4.78, 5) is 13.8. The summed E-state index contributed by atoms with van der Waals surface area (Å²) in [6, 6.07) is 0. The van der Waals surface area contributed by atoms with Gasteiger partial charge in [0.2, 0.25) is 5.91 Å². The Morgan fingerprint density at radius 1 is 1.44 bits per heavy atom. The van der Waals surface area contributed by atoms with E-state index in [9.17, 15) is 18.0 Å². The fraction of sp³-hybridized carbons (Fsp3) is 0.909. The summed E-state index contributed by atoms with van der Waals surface area (Å²) in [6.45, 7) is 1.99. The largest absolute Gasteiger partial charge is 0.441 e. The van der Waals surface area contributed by atoms with Gasteiger partial charge in [-0.1, -0.05) is 12.8 Å². The molecule has 2 aliphatic rings. The Morgan fingerprint density at radius 2 is 2.06 bits per heavy atom. The average Bonchev–Trinajstić information content (AvgIpc) is 2.78. The van der Waals surface area contributed by atoms with Crippen LogP contribution in [-0.2, 0) is 4.79 Å². The second-order valence-electron chi connectivity index (χ2n) is 4.90. The predicted octanol–water partition coefficient (Wildman–Crippen LogP) is 2.33. The molecule has 2 fully saturated rings. The van der Waals surface area contributed by atoms with Crippen LogP contribution in [0.2, 0.25) is 0 Å². The van der Waals surface area contributed by atoms with E-state index >= 15 is 0 Å². The van der Waals surface area contributed by atoms with Crippen LogP contribution in [0.15, 0.2) is 0 Å². The number of rotatable bonds is 3. The molecule has 1 heterocycles. The maximum absolute atomic E-state index is 12.3. The minimum absolute atomic E-state index is 0.0183. The zero-order chi connectivity index (χ0) is 13.4. The minimum Gasteiger partial charge on any atom is -0.325 e. The fourth-order valence-electron chi connectivity index (χ4n) is 2.88. The lowest BCUT2D eigenvalue weighted by molar-refractivity contribution is -0.132. The topological polar surface area (TPSA) is 32.3 Å². The maximum atomic E-state index is 12.3. The van der Waals surface area contributed by atoms with E-state index in [-0.39, 0.29) is 36.1 Å². The van der Waals surface area contributed by atoms with Crippen LogP contribution in [0.5, 0.6) is 0 Å². The van der Waals surface area contributed by atoms with E-state index in [4.69, 9.17) is 0 Å². The molecular formula is C11H17F3N2OS. The van der Waals surface area contributed by atoms with Gasteiger partial charge in [0, 0.05) is 12.3 Å². The number of amides is 1. The monoisotopic (exact) mass is 282 g/mol. The molecule has 2 rings (SSSR count). The fourth-order valence-corrected chi connectivity index (χ4v) is 3.40. The molecule has 1 saturated heterocycles. The van der Waals surface area contributed by atoms with E-state index < -0.39 is 11.0 Å². The van der Waals surface area contributed by atoms with Crippen molar-refractivity contribution in [2.75, 3.05) is 12.3 Å². The Balaban J connectivity index is 1.91. The van der Waals surface area contributed by atoms with E-state index in [1.54, 1.807) is 4.90 Å². The van der Waals surface area contributed by atoms with Crippen molar-refractivity contribution < 1.29 is 18.0 Å². The molecule has 1 amide bonds. The first-order chi connectivity index (χ1) is 8.34. The van der Waals surface area contributed by atoms with Crippen LogP contribution in [0.3, 0.4) is 0 Å². The highest BCUT2D eigenvalue weighted by Gasteiger charge is 2.50. The Labute approximate surface area is 108 Å². The summed E-state index contributed by atoms with van der Waals surface area (Å²) in [5.41, 5.74) is -4.70. The molecule has 0 radical (unpaired) electrons. The molecule has 0 aromatic rings. The molecule has 0 aromatic carbocycles. The Kier molecular flexibility index (Phi) is 3.82. The Bertz CT molecular complexity index is 329. The van der Waals surface area contributed by atoms with Crippen LogP contribution < -0.4 is 5.32 Å². The lowest BCUT2D eigenvalue weighted by Gasteiger charge is -2.22. The quantitative estimate of drug-likeness (QED) is 0.862. The molecule has 0 bridgehead atoms. The van der Waals surface area contributed by atoms with Crippen LogP contribution in [0, 0.1) is 0 Å². The Morgan fingerprint density at radius 3 is 2.61 bits per heavy atom. The zero-order valence-electron chi connectivity index (χ0n) is 10.2. The summed E-state index contributed by atoms with van der Waals surface area (Å²) in [7, 11) is 0. The van der Waals surface area contributed by atoms with E-state index in [2.05, 4.69) is 5.32 Å². The molecule has 1 saturated carbocycles. The maximum Gasteiger partial charge on any atom is 0.441 e. The first kappa shape index (κ1) is 14.0. The van der Waals surface area contributed by atoms with Gasteiger partial charge in [-0.05, 0) is 31.5 Å². The van der Waals surface area contributed by atoms with Crippen LogP contribution in [0.4, 0.5) is 13.2 Å². The first-order valence-corrected chi connectivity index (χ1v) is 7.12. The molecule has 1 unspecified atom stereocenters. The number of nitrogens with zero attached hydrogens (tertiary/aromatic N) is 1. The second-order valence-corrected chi connectivity index (χ2v) is 6.06. The second kappa shape index (κ2) is 4.92. The van der Waals surface area contributed by atoms with Crippen LogP contribution in [0.1, 0.15) is 32.6 Å². The molecule has 3 nitrogen and oxygen atoms in total. The SMILES string of the molecule is CC1NC2(CCCC2)C(=O)N1CCSC(F)(F)F. The zero-order valence-corrected chi connectivity index (χ0v) is 11.0. The number of nitrogens with one attached hydrogen (secondary N) is 1. The molecule has 7 heteroatoms. The molecule has 1 aliphatic carbocycles. The molecule has 18 heavy (non-hydrogen) atoms. The summed E-state index contributed by atoms with van der Waals surface area (Å²) in [5.74, 6) is -0.118. The van der Waals surface area contributed by atoms with Gasteiger partial charge < -0.3 is 4.90 Å². The number of carbonyl (C=O) groups is 1. The number of thioether (sulfide) groups is 1. The molecule has 1 spiro atoms. The minimum atomic E-state index is -4.22. The van der Waals surface area contributed by atoms with Crippen LogP contribution in [0.25, 0.3) is 0 Å². The van der Waals surface area contributed by atoms with Gasteiger partial charge in [0.15, 0.2) is 0 Å². The number of halogens is 3. The van der Waals surface area contributed by atoms with Gasteiger partial charge in [-0.2, -0.15) is 13.2 Å². The smallest absolute Gasteiger partial charge is 0.325 e. The van der Waals surface area contributed by atoms with Gasteiger partial charge in [0.25, 0.3) is 0 Å². The summed E-state index contributed by atoms with van der Waals surface area (Å²) < 4.78 is 36.2. The highest BCUT2D eigenvalue weighted by Crippen LogP contribution is 2.37. The van der Waals surface area contributed by atoms with Crippen molar-refractivity contribution in [2.24, 2.45) is 0 Å². The average molecular weight is 282 g/mol. The predicted molar refractivity (Wildman–Crippen MR) is 64.0 cm³/mol. The van der Waals surface area contributed by atoms with Gasteiger partial charge in [-0.3, -0.25) is 10.1 Å². The first-order valence-electron chi connectivity index (χ1n) is 6.14. The molecule has 1 N–H and O–H groups in total. The van der Waals surface area contributed by atoms with E-state index in [0.717, 1.165) is 25.7 Å². The Hall–Kier alpha value is -0.430. The normalized spacial score (nSPS) is 27.4. The standard InChI is InChI=1S/C11H17F3N2OS/c1-8-15-10(4-2-3-5-10)9(17)16(8)6-7-18-11(12,13)14/h8,15H,2-7H2,1H3. The highest BCUT2D eigenvalue weighted by atomic mass is 32.2. The summed E-state index contributed by atoms with van der Waals surface area (Å²) in [6.07, 6.45) is 3.47. The van der Waals surface area contributed by atoms with Gasteiger partial charge in [-0.15, -0.1) is 0 Å². The highest BCUT2D eigenvalue weighted by molar-refractivity contribution is 8.00. The third-order valence-electron chi connectivity index (χ3n) is 3.68. The van der Waals surface area contributed by atoms with Gasteiger partial charge >= 0.3 is 5.51 Å². The van der Waals surface area contributed by atoms with E-state index in [0.29, 0.717) is 0 Å². The molecular weight excluding hydrogens is 265 g/mol. The number of carbonyl (C=O) groups excluding carboxylic acids is 1. The van der Waals surface area contributed by atoms with Gasteiger partial charge in [0.1, 0.15) is 0 Å². The number of alkyl halides is 3. The number of hydrogen-bond acceptors (Lipinski definition) is 3. The third kappa shape index (κ3) is 2.77. The van der Waals surface area contributed by atoms with Crippen molar-refractivity contribution in [2.45, 2.75) is 49.8 Å². The van der Waals surface area contributed by atoms with Crippen molar-refractivity contribution in [3.63, 3.8) is 0 Å². The third-order valence-corrected chi connectivity index (χ3v) is 4.39. The van der Waals surface area contributed by atoms with Gasteiger partial charge in [0.05, 0.1) is 11.7 Å². The molecule has 1 atom stereocenters. The molecule has 0 aromatic heterocycles. The van der Waals surface area contributed by atoms with Crippen LogP contribution >= 0.6 is 11.8 Å². The van der Waals surface area contributed by atoms with Crippen molar-refractivity contribution >= 4 is 17.7 Å². The lowest BCUT2D eigenvalue weighted by atomic mass is 9.98. The van der Waals surface area contributed by atoms with Crippen molar-refractivity contribution in [1.29, 1.82) is 0 Å². The molecule has 104 valence electrons. The van der Waals surface area contributed by atoms with Gasteiger partial charge in [-0.25, -0.2) is 0 Å². The van der Waals surface area contributed by atoms with Crippen LogP contribution in [-0.4, -0.2) is 40.3 Å². The lowest BCUT2D eigenvalue weighted by Crippen LogP contribution is -2.44. The van der Waals surface area contributed by atoms with E-state index in [1.165, 1.54) is 0 Å². The number of hydrogen-bond donors (Lipinski definition) is 1.